The van der Waals surface area contributed by atoms with Gasteiger partial charge in [-0.05, 0) is 47.7 Å². The fraction of sp³-hybridized carbons (Fsp3) is 0.455. The molecule has 2 unspecified atom stereocenters. The number of hydrogen-bond acceptors (Lipinski definition) is 3. The first-order valence-electron chi connectivity index (χ1n) is 9.30. The van der Waals surface area contributed by atoms with E-state index in [0.29, 0.717) is 18.1 Å². The van der Waals surface area contributed by atoms with Crippen LogP contribution in [0.15, 0.2) is 48.5 Å². The topological polar surface area (TPSA) is 38.7 Å². The maximum Gasteiger partial charge on any atom is 0.197 e. The zero-order valence-corrected chi connectivity index (χ0v) is 15.6. The Kier molecular flexibility index (Phi) is 7.80. The van der Waals surface area contributed by atoms with E-state index >= 15 is 0 Å². The summed E-state index contributed by atoms with van der Waals surface area (Å²) in [5, 5.41) is 9.82. The number of aliphatic hydroxyl groups excluding tert-OH is 1. The molecule has 2 aromatic carbocycles. The first kappa shape index (κ1) is 19.3. The highest BCUT2D eigenvalue weighted by molar-refractivity contribution is 5.64. The number of hydrogen-bond donors (Lipinski definition) is 1. The summed E-state index contributed by atoms with van der Waals surface area (Å²) in [4.78, 5) is 0. The van der Waals surface area contributed by atoms with Crippen molar-refractivity contribution in [3.63, 3.8) is 0 Å². The molecule has 2 atom stereocenters. The van der Waals surface area contributed by atoms with Gasteiger partial charge in [-0.15, -0.1) is 0 Å². The van der Waals surface area contributed by atoms with Crippen molar-refractivity contribution in [1.82, 2.24) is 0 Å². The fourth-order valence-electron chi connectivity index (χ4n) is 2.42. The molecule has 136 valence electrons. The van der Waals surface area contributed by atoms with Crippen molar-refractivity contribution in [3.8, 4) is 22.6 Å². The van der Waals surface area contributed by atoms with Gasteiger partial charge in [0.05, 0.1) is 6.61 Å². The lowest BCUT2D eigenvalue weighted by Gasteiger charge is -2.13. The summed E-state index contributed by atoms with van der Waals surface area (Å²) in [7, 11) is 0. The van der Waals surface area contributed by atoms with Crippen LogP contribution >= 0.6 is 0 Å². The van der Waals surface area contributed by atoms with Gasteiger partial charge in [-0.3, -0.25) is 0 Å². The molecule has 0 fully saturated rings. The van der Waals surface area contributed by atoms with Crippen LogP contribution in [0.4, 0.5) is 0 Å². The normalized spacial score (nSPS) is 13.3. The van der Waals surface area contributed by atoms with E-state index in [2.05, 4.69) is 32.9 Å². The maximum atomic E-state index is 9.82. The Morgan fingerprint density at radius 1 is 0.880 bits per heavy atom. The van der Waals surface area contributed by atoms with E-state index in [-0.39, 0.29) is 0 Å². The smallest absolute Gasteiger partial charge is 0.197 e. The van der Waals surface area contributed by atoms with E-state index in [0.717, 1.165) is 42.7 Å². The van der Waals surface area contributed by atoms with Crippen molar-refractivity contribution in [3.05, 3.63) is 48.5 Å². The summed E-state index contributed by atoms with van der Waals surface area (Å²) >= 11 is 0. The molecule has 1 N–H and O–H groups in total. The molecule has 0 spiro atoms. The van der Waals surface area contributed by atoms with Crippen LogP contribution in [-0.4, -0.2) is 18.0 Å². The second kappa shape index (κ2) is 10.1. The van der Waals surface area contributed by atoms with Crippen molar-refractivity contribution in [2.45, 2.75) is 52.7 Å². The summed E-state index contributed by atoms with van der Waals surface area (Å²) < 4.78 is 11.3. The molecular formula is C22H30O3. The molecular weight excluding hydrogens is 312 g/mol. The van der Waals surface area contributed by atoms with Gasteiger partial charge in [0.15, 0.2) is 6.29 Å². The van der Waals surface area contributed by atoms with Crippen molar-refractivity contribution >= 4 is 0 Å². The highest BCUT2D eigenvalue weighted by atomic mass is 16.6. The third-order valence-electron chi connectivity index (χ3n) is 4.35. The Morgan fingerprint density at radius 2 is 1.44 bits per heavy atom. The molecule has 0 saturated carbocycles. The molecule has 0 heterocycles. The molecule has 0 radical (unpaired) electrons. The number of benzene rings is 2. The Morgan fingerprint density at radius 3 is 1.96 bits per heavy atom. The Bertz CT molecular complexity index is 604. The van der Waals surface area contributed by atoms with Crippen LogP contribution in [-0.2, 0) is 0 Å². The van der Waals surface area contributed by atoms with Crippen molar-refractivity contribution in [2.75, 3.05) is 6.61 Å². The van der Waals surface area contributed by atoms with E-state index in [1.54, 1.807) is 0 Å². The highest BCUT2D eigenvalue weighted by Gasteiger charge is 2.06. The second-order valence-corrected chi connectivity index (χ2v) is 6.59. The Hall–Kier alpha value is -2.00. The zero-order valence-electron chi connectivity index (χ0n) is 15.6. The van der Waals surface area contributed by atoms with Crippen molar-refractivity contribution in [2.24, 2.45) is 5.92 Å². The van der Waals surface area contributed by atoms with E-state index < -0.39 is 6.29 Å². The summed E-state index contributed by atoms with van der Waals surface area (Å²) in [6.07, 6.45) is 3.07. The van der Waals surface area contributed by atoms with Gasteiger partial charge >= 0.3 is 0 Å². The summed E-state index contributed by atoms with van der Waals surface area (Å²) in [5.74, 6) is 2.17. The standard InChI is InChI=1S/C22H30O3/c1-4-6-7-22(23)25-21-14-10-19(11-15-21)18-8-12-20(13-9-18)24-16-17(3)5-2/h8-15,17,22-23H,4-7,16H2,1-3H3. The molecule has 0 aliphatic rings. The molecule has 0 bridgehead atoms. The second-order valence-electron chi connectivity index (χ2n) is 6.59. The maximum absolute atomic E-state index is 9.82. The molecule has 0 aromatic heterocycles. The van der Waals surface area contributed by atoms with Gasteiger partial charge in [-0.2, -0.15) is 0 Å². The summed E-state index contributed by atoms with van der Waals surface area (Å²) in [6.45, 7) is 7.22. The average Bonchev–Trinajstić information content (AvgIpc) is 2.65. The molecule has 2 rings (SSSR count). The third kappa shape index (κ3) is 6.43. The van der Waals surface area contributed by atoms with Gasteiger partial charge in [-0.1, -0.05) is 57.9 Å². The van der Waals surface area contributed by atoms with E-state index in [9.17, 15) is 5.11 Å². The largest absolute Gasteiger partial charge is 0.493 e. The molecule has 0 amide bonds. The van der Waals surface area contributed by atoms with E-state index in [1.807, 2.05) is 36.4 Å². The monoisotopic (exact) mass is 342 g/mol. The van der Waals surface area contributed by atoms with Gasteiger partial charge in [0.25, 0.3) is 0 Å². The predicted molar refractivity (Wildman–Crippen MR) is 103 cm³/mol. The van der Waals surface area contributed by atoms with E-state index in [4.69, 9.17) is 9.47 Å². The minimum absolute atomic E-state index is 0.569. The quantitative estimate of drug-likeness (QED) is 0.566. The minimum Gasteiger partial charge on any atom is -0.493 e. The van der Waals surface area contributed by atoms with Crippen molar-refractivity contribution in [1.29, 1.82) is 0 Å². The summed E-state index contributed by atoms with van der Waals surface area (Å²) in [6, 6.07) is 16.0. The van der Waals surface area contributed by atoms with Gasteiger partial charge in [-0.25, -0.2) is 0 Å². The molecule has 2 aromatic rings. The van der Waals surface area contributed by atoms with Crippen molar-refractivity contribution < 1.29 is 14.6 Å². The average molecular weight is 342 g/mol. The van der Waals surface area contributed by atoms with Gasteiger partial charge in [0.1, 0.15) is 11.5 Å². The van der Waals surface area contributed by atoms with Crippen LogP contribution in [0.3, 0.4) is 0 Å². The Labute approximate surface area is 151 Å². The van der Waals surface area contributed by atoms with Crippen LogP contribution in [0.1, 0.15) is 46.5 Å². The molecule has 0 saturated heterocycles. The zero-order chi connectivity index (χ0) is 18.1. The molecule has 25 heavy (non-hydrogen) atoms. The summed E-state index contributed by atoms with van der Waals surface area (Å²) in [5.41, 5.74) is 2.25. The van der Waals surface area contributed by atoms with E-state index in [1.165, 1.54) is 0 Å². The van der Waals surface area contributed by atoms with Crippen LogP contribution in [0, 0.1) is 5.92 Å². The van der Waals surface area contributed by atoms with Crippen LogP contribution in [0.2, 0.25) is 0 Å². The third-order valence-corrected chi connectivity index (χ3v) is 4.35. The number of rotatable bonds is 10. The molecule has 0 aliphatic carbocycles. The van der Waals surface area contributed by atoms with Gasteiger partial charge < -0.3 is 14.6 Å². The lowest BCUT2D eigenvalue weighted by atomic mass is 10.1. The lowest BCUT2D eigenvalue weighted by molar-refractivity contribution is -0.0243. The molecule has 0 aliphatic heterocycles. The molecule has 3 heteroatoms. The number of ether oxygens (including phenoxy) is 2. The minimum atomic E-state index is -0.729. The first-order chi connectivity index (χ1) is 12.1. The SMILES string of the molecule is CCCCC(O)Oc1ccc(-c2ccc(OCC(C)CC)cc2)cc1. The first-order valence-corrected chi connectivity index (χ1v) is 9.30. The highest BCUT2D eigenvalue weighted by Crippen LogP contribution is 2.25. The Balaban J connectivity index is 1.93. The van der Waals surface area contributed by atoms with Crippen LogP contribution in [0.5, 0.6) is 11.5 Å². The predicted octanol–water partition coefficient (Wildman–Crippen LogP) is 5.67. The molecule has 3 nitrogen and oxygen atoms in total. The number of aliphatic hydroxyl groups is 1. The van der Waals surface area contributed by atoms with Crippen LogP contribution < -0.4 is 9.47 Å². The lowest BCUT2D eigenvalue weighted by Crippen LogP contribution is -2.14. The fourth-order valence-corrected chi connectivity index (χ4v) is 2.42. The van der Waals surface area contributed by atoms with Gasteiger partial charge in [0.2, 0.25) is 0 Å². The van der Waals surface area contributed by atoms with Gasteiger partial charge in [0, 0.05) is 6.42 Å². The number of unbranched alkanes of at least 4 members (excludes halogenated alkanes) is 1. The van der Waals surface area contributed by atoms with Crippen LogP contribution in [0.25, 0.3) is 11.1 Å².